The number of hydrogen-bond acceptors (Lipinski definition) is 5. The molecule has 1 unspecified atom stereocenters. The van der Waals surface area contributed by atoms with Crippen LogP contribution in [0.5, 0.6) is 0 Å². The maximum Gasteiger partial charge on any atom is 0.287 e. The zero-order valence-electron chi connectivity index (χ0n) is 11.1. The van der Waals surface area contributed by atoms with Crippen LogP contribution in [0.15, 0.2) is 12.3 Å². The first-order valence-corrected chi connectivity index (χ1v) is 5.86. The van der Waals surface area contributed by atoms with Crippen molar-refractivity contribution in [3.05, 3.63) is 28.1 Å². The molecular formula is C11H16N4O5. The highest BCUT2D eigenvalue weighted by molar-refractivity contribution is 5.94. The molecule has 1 atom stereocenters. The van der Waals surface area contributed by atoms with Gasteiger partial charge in [0.2, 0.25) is 5.91 Å². The number of rotatable bonds is 6. The number of carbonyl (C=O) groups is 2. The highest BCUT2D eigenvalue weighted by Gasteiger charge is 2.21. The summed E-state index contributed by atoms with van der Waals surface area (Å²) in [7, 11) is 0. The van der Waals surface area contributed by atoms with Crippen LogP contribution in [-0.4, -0.2) is 39.1 Å². The van der Waals surface area contributed by atoms with E-state index in [9.17, 15) is 24.8 Å². The normalized spacial score (nSPS) is 12.2. The van der Waals surface area contributed by atoms with E-state index in [0.717, 1.165) is 6.07 Å². The van der Waals surface area contributed by atoms with Gasteiger partial charge in [0.25, 0.3) is 11.6 Å². The molecule has 2 amide bonds. The maximum atomic E-state index is 11.9. The van der Waals surface area contributed by atoms with Crippen molar-refractivity contribution >= 4 is 17.5 Å². The van der Waals surface area contributed by atoms with Gasteiger partial charge in [0.15, 0.2) is 0 Å². The number of aromatic nitrogens is 1. The number of primary amides is 1. The minimum atomic E-state index is -1.50. The van der Waals surface area contributed by atoms with Crippen molar-refractivity contribution in [2.45, 2.75) is 26.0 Å². The smallest absolute Gasteiger partial charge is 0.287 e. The number of nitrogens with one attached hydrogen (secondary N) is 1. The standard InChI is InChI=1S/C11H16N4O5/c1-6(2)14-5-7(15(19)20)3-8(14)11(18)13-4-9(16)10(12)17/h3,5-6,9,16H,4H2,1-2H3,(H2,12,17)(H,13,18). The fraction of sp³-hybridized carbons (Fsp3) is 0.455. The molecule has 0 radical (unpaired) electrons. The van der Waals surface area contributed by atoms with E-state index in [0.29, 0.717) is 0 Å². The number of aliphatic hydroxyl groups excluding tert-OH is 1. The van der Waals surface area contributed by atoms with Gasteiger partial charge in [-0.3, -0.25) is 19.7 Å². The molecule has 20 heavy (non-hydrogen) atoms. The lowest BCUT2D eigenvalue weighted by molar-refractivity contribution is -0.384. The number of nitrogens with zero attached hydrogens (tertiary/aromatic N) is 2. The van der Waals surface area contributed by atoms with Crippen LogP contribution in [-0.2, 0) is 4.79 Å². The van der Waals surface area contributed by atoms with E-state index in [2.05, 4.69) is 5.32 Å². The zero-order chi connectivity index (χ0) is 15.4. The van der Waals surface area contributed by atoms with E-state index in [1.165, 1.54) is 10.8 Å². The van der Waals surface area contributed by atoms with Crippen molar-refractivity contribution in [3.8, 4) is 0 Å². The van der Waals surface area contributed by atoms with Crippen LogP contribution in [0.2, 0.25) is 0 Å². The summed E-state index contributed by atoms with van der Waals surface area (Å²) in [6.07, 6.45) is -0.249. The molecule has 0 fully saturated rings. The Labute approximate surface area is 114 Å². The number of nitro groups is 1. The zero-order valence-corrected chi connectivity index (χ0v) is 11.1. The Morgan fingerprint density at radius 2 is 2.15 bits per heavy atom. The summed E-state index contributed by atoms with van der Waals surface area (Å²) in [5.41, 5.74) is 4.71. The Morgan fingerprint density at radius 3 is 2.60 bits per heavy atom. The van der Waals surface area contributed by atoms with Crippen molar-refractivity contribution in [1.29, 1.82) is 0 Å². The Hall–Kier alpha value is -2.42. The molecule has 9 nitrogen and oxygen atoms in total. The van der Waals surface area contributed by atoms with Crippen molar-refractivity contribution in [3.63, 3.8) is 0 Å². The number of carbonyl (C=O) groups excluding carboxylic acids is 2. The molecule has 0 aromatic carbocycles. The van der Waals surface area contributed by atoms with Crippen LogP contribution in [0.1, 0.15) is 30.4 Å². The van der Waals surface area contributed by atoms with Gasteiger partial charge < -0.3 is 20.7 Å². The number of nitrogens with two attached hydrogens (primary N) is 1. The molecule has 0 aliphatic heterocycles. The molecule has 1 heterocycles. The first-order valence-electron chi connectivity index (χ1n) is 5.86. The molecule has 4 N–H and O–H groups in total. The first-order chi connectivity index (χ1) is 9.23. The summed E-state index contributed by atoms with van der Waals surface area (Å²) in [4.78, 5) is 32.7. The molecule has 1 aromatic heterocycles. The first kappa shape index (κ1) is 15.6. The van der Waals surface area contributed by atoms with Crippen LogP contribution in [0.3, 0.4) is 0 Å². The molecule has 0 spiro atoms. The molecule has 0 aliphatic carbocycles. The van der Waals surface area contributed by atoms with Gasteiger partial charge in [0.05, 0.1) is 17.7 Å². The molecule has 0 saturated carbocycles. The van der Waals surface area contributed by atoms with Crippen LogP contribution < -0.4 is 11.1 Å². The van der Waals surface area contributed by atoms with Gasteiger partial charge >= 0.3 is 0 Å². The summed E-state index contributed by atoms with van der Waals surface area (Å²) >= 11 is 0. The minimum absolute atomic E-state index is 0.0726. The average Bonchev–Trinajstić information content (AvgIpc) is 2.80. The Balaban J connectivity index is 2.91. The van der Waals surface area contributed by atoms with E-state index >= 15 is 0 Å². The van der Waals surface area contributed by atoms with Crippen LogP contribution in [0.4, 0.5) is 5.69 Å². The molecule has 0 aliphatic rings. The van der Waals surface area contributed by atoms with Gasteiger partial charge in [-0.15, -0.1) is 0 Å². The van der Waals surface area contributed by atoms with E-state index in [1.807, 2.05) is 0 Å². The summed E-state index contributed by atoms with van der Waals surface area (Å²) in [5, 5.41) is 22.2. The SMILES string of the molecule is CC(C)n1cc([N+](=O)[O-])cc1C(=O)NCC(O)C(N)=O. The minimum Gasteiger partial charge on any atom is -0.381 e. The molecule has 1 rings (SSSR count). The Morgan fingerprint density at radius 1 is 1.55 bits per heavy atom. The lowest BCUT2D eigenvalue weighted by Gasteiger charge is -2.13. The third kappa shape index (κ3) is 3.54. The molecular weight excluding hydrogens is 268 g/mol. The van der Waals surface area contributed by atoms with Gasteiger partial charge in [-0.25, -0.2) is 0 Å². The maximum absolute atomic E-state index is 11.9. The van der Waals surface area contributed by atoms with Crippen molar-refractivity contribution < 1.29 is 19.6 Å². The molecule has 0 saturated heterocycles. The van der Waals surface area contributed by atoms with Crippen molar-refractivity contribution in [2.24, 2.45) is 5.73 Å². The summed E-state index contributed by atoms with van der Waals surface area (Å²) in [5.74, 6) is -1.59. The molecule has 9 heteroatoms. The highest BCUT2D eigenvalue weighted by Crippen LogP contribution is 2.20. The number of hydrogen-bond donors (Lipinski definition) is 3. The van der Waals surface area contributed by atoms with Gasteiger partial charge in [0.1, 0.15) is 11.8 Å². The van der Waals surface area contributed by atoms with Crippen LogP contribution in [0.25, 0.3) is 0 Å². The van der Waals surface area contributed by atoms with E-state index < -0.39 is 22.8 Å². The number of amides is 2. The van der Waals surface area contributed by atoms with Gasteiger partial charge in [-0.1, -0.05) is 0 Å². The second kappa shape index (κ2) is 6.15. The monoisotopic (exact) mass is 284 g/mol. The second-order valence-corrected chi connectivity index (χ2v) is 4.47. The second-order valence-electron chi connectivity index (χ2n) is 4.47. The van der Waals surface area contributed by atoms with Gasteiger partial charge in [-0.05, 0) is 13.8 Å². The lowest BCUT2D eigenvalue weighted by Crippen LogP contribution is -2.40. The third-order valence-electron chi connectivity index (χ3n) is 2.62. The van der Waals surface area contributed by atoms with Gasteiger partial charge in [-0.2, -0.15) is 0 Å². The lowest BCUT2D eigenvalue weighted by atomic mass is 10.3. The summed E-state index contributed by atoms with van der Waals surface area (Å²) < 4.78 is 1.43. The summed E-state index contributed by atoms with van der Waals surface area (Å²) in [6, 6.07) is 0.969. The van der Waals surface area contributed by atoms with Crippen LogP contribution >= 0.6 is 0 Å². The number of aliphatic hydroxyl groups is 1. The average molecular weight is 284 g/mol. The molecule has 110 valence electrons. The summed E-state index contributed by atoms with van der Waals surface area (Å²) in [6.45, 7) is 3.17. The third-order valence-corrected chi connectivity index (χ3v) is 2.62. The van der Waals surface area contributed by atoms with Gasteiger partial charge in [0, 0.05) is 12.1 Å². The predicted octanol–water partition coefficient (Wildman–Crippen LogP) is -0.447. The predicted molar refractivity (Wildman–Crippen MR) is 69.0 cm³/mol. The Kier molecular flexibility index (Phi) is 4.81. The fourth-order valence-corrected chi connectivity index (χ4v) is 1.55. The van der Waals surface area contributed by atoms with Crippen molar-refractivity contribution in [1.82, 2.24) is 9.88 Å². The quantitative estimate of drug-likeness (QED) is 0.479. The topological polar surface area (TPSA) is 140 Å². The van der Waals surface area contributed by atoms with E-state index in [4.69, 9.17) is 5.73 Å². The van der Waals surface area contributed by atoms with E-state index in [1.54, 1.807) is 13.8 Å². The fourth-order valence-electron chi connectivity index (χ4n) is 1.55. The van der Waals surface area contributed by atoms with Crippen LogP contribution in [0, 0.1) is 10.1 Å². The largest absolute Gasteiger partial charge is 0.381 e. The molecule has 1 aromatic rings. The Bertz CT molecular complexity index is 537. The molecule has 0 bridgehead atoms. The van der Waals surface area contributed by atoms with E-state index in [-0.39, 0.29) is 24.0 Å². The van der Waals surface area contributed by atoms with Crippen molar-refractivity contribution in [2.75, 3.05) is 6.54 Å². The highest BCUT2D eigenvalue weighted by atomic mass is 16.6.